The first-order valence-electron chi connectivity index (χ1n) is 9.72. The van der Waals surface area contributed by atoms with E-state index in [0.717, 1.165) is 9.87 Å². The fourth-order valence-corrected chi connectivity index (χ4v) is 4.47. The van der Waals surface area contributed by atoms with E-state index in [2.05, 4.69) is 10.5 Å². The Morgan fingerprint density at radius 3 is 2.30 bits per heavy atom. The molecule has 33 heavy (non-hydrogen) atoms. The summed E-state index contributed by atoms with van der Waals surface area (Å²) in [5, 5.41) is 4.48. The number of nitrogens with zero attached hydrogens (tertiary/aromatic N) is 2. The van der Waals surface area contributed by atoms with Gasteiger partial charge in [-0.15, -0.1) is 0 Å². The van der Waals surface area contributed by atoms with Crippen LogP contribution in [0.15, 0.2) is 82.8 Å². The molecule has 172 valence electrons. The smallest absolute Gasteiger partial charge is 0.264 e. The van der Waals surface area contributed by atoms with Crippen LogP contribution in [0, 0.1) is 0 Å². The fraction of sp³-hybridized carbons (Fsp3) is 0.130. The highest BCUT2D eigenvalue weighted by atomic mass is 35.5. The molecular formula is C23H22ClN3O5S. The Balaban J connectivity index is 1.86. The highest BCUT2D eigenvalue weighted by Gasteiger charge is 2.28. The van der Waals surface area contributed by atoms with E-state index in [1.165, 1.54) is 38.6 Å². The van der Waals surface area contributed by atoms with Crippen LogP contribution < -0.4 is 19.2 Å². The van der Waals surface area contributed by atoms with Crippen molar-refractivity contribution in [1.29, 1.82) is 0 Å². The second kappa shape index (κ2) is 10.8. The van der Waals surface area contributed by atoms with E-state index >= 15 is 0 Å². The van der Waals surface area contributed by atoms with E-state index in [-0.39, 0.29) is 10.6 Å². The molecule has 0 heterocycles. The minimum Gasteiger partial charge on any atom is -0.493 e. The number of hydrogen-bond donors (Lipinski definition) is 1. The molecule has 3 aromatic rings. The Hall–Kier alpha value is -3.56. The third-order valence-corrected chi connectivity index (χ3v) is 6.57. The zero-order chi connectivity index (χ0) is 23.8. The lowest BCUT2D eigenvalue weighted by Gasteiger charge is -2.24. The lowest BCUT2D eigenvalue weighted by atomic mass is 10.2. The number of carbonyl (C=O) groups is 1. The summed E-state index contributed by atoms with van der Waals surface area (Å²) < 4.78 is 38.3. The van der Waals surface area contributed by atoms with Gasteiger partial charge >= 0.3 is 0 Å². The van der Waals surface area contributed by atoms with Gasteiger partial charge in [0.05, 0.1) is 31.0 Å². The van der Waals surface area contributed by atoms with Crippen molar-refractivity contribution >= 4 is 39.4 Å². The normalized spacial score (nSPS) is 11.2. The van der Waals surface area contributed by atoms with Crippen molar-refractivity contribution in [3.63, 3.8) is 0 Å². The molecule has 0 radical (unpaired) electrons. The molecule has 10 heteroatoms. The van der Waals surface area contributed by atoms with Crippen LogP contribution >= 0.6 is 11.6 Å². The van der Waals surface area contributed by atoms with Gasteiger partial charge in [0.15, 0.2) is 11.5 Å². The molecule has 0 saturated carbocycles. The van der Waals surface area contributed by atoms with Crippen LogP contribution in [0.25, 0.3) is 0 Å². The third kappa shape index (κ3) is 6.03. The van der Waals surface area contributed by atoms with Gasteiger partial charge in [0.2, 0.25) is 0 Å². The van der Waals surface area contributed by atoms with Gasteiger partial charge in [0, 0.05) is 11.1 Å². The number of halogens is 1. The highest BCUT2D eigenvalue weighted by Crippen LogP contribution is 2.32. The minimum absolute atomic E-state index is 0.0542. The summed E-state index contributed by atoms with van der Waals surface area (Å²) >= 11 is 5.85. The minimum atomic E-state index is -4.12. The second-order valence-electron chi connectivity index (χ2n) is 6.71. The van der Waals surface area contributed by atoms with E-state index < -0.39 is 22.5 Å². The van der Waals surface area contributed by atoms with Crippen molar-refractivity contribution < 1.29 is 22.7 Å². The van der Waals surface area contributed by atoms with Gasteiger partial charge in [-0.2, -0.15) is 5.10 Å². The monoisotopic (exact) mass is 487 g/mol. The number of hydrazone groups is 1. The molecule has 3 aromatic carbocycles. The summed E-state index contributed by atoms with van der Waals surface area (Å²) in [5.74, 6) is 0.0220. The molecule has 8 nitrogen and oxygen atoms in total. The number of sulfonamides is 1. The van der Waals surface area contributed by atoms with Gasteiger partial charge in [-0.25, -0.2) is 13.8 Å². The Kier molecular flexibility index (Phi) is 7.92. The Morgan fingerprint density at radius 1 is 1.00 bits per heavy atom. The number of nitrogens with one attached hydrogen (secondary N) is 1. The number of rotatable bonds is 9. The molecule has 1 amide bonds. The maximum atomic E-state index is 13.5. The number of hydrogen-bond acceptors (Lipinski definition) is 6. The molecule has 0 aromatic heterocycles. The molecule has 0 fully saturated rings. The number of carbonyl (C=O) groups excluding carboxylic acids is 1. The maximum Gasteiger partial charge on any atom is 0.264 e. The van der Waals surface area contributed by atoms with Crippen molar-refractivity contribution in [1.82, 2.24) is 5.43 Å². The van der Waals surface area contributed by atoms with E-state index in [1.807, 2.05) is 0 Å². The summed E-state index contributed by atoms with van der Waals surface area (Å²) in [6.45, 7) is -0.487. The first kappa shape index (κ1) is 24.1. The molecular weight excluding hydrogens is 466 g/mol. The average Bonchev–Trinajstić information content (AvgIpc) is 2.83. The van der Waals surface area contributed by atoms with E-state index in [0.29, 0.717) is 16.5 Å². The van der Waals surface area contributed by atoms with Gasteiger partial charge in [0.25, 0.3) is 15.9 Å². The number of anilines is 1. The predicted octanol–water partition coefficient (Wildman–Crippen LogP) is 3.70. The second-order valence-corrected chi connectivity index (χ2v) is 9.01. The van der Waals surface area contributed by atoms with Crippen molar-refractivity contribution in [2.75, 3.05) is 25.1 Å². The van der Waals surface area contributed by atoms with Crippen molar-refractivity contribution in [2.45, 2.75) is 4.90 Å². The summed E-state index contributed by atoms with van der Waals surface area (Å²) in [7, 11) is -1.25. The molecule has 0 bridgehead atoms. The molecule has 0 aliphatic rings. The summed E-state index contributed by atoms with van der Waals surface area (Å²) in [5.41, 5.74) is 3.40. The SMILES string of the molecule is COc1ccc(S(=O)(=O)N(CC(=O)N/N=C\c2ccc(Cl)cc2)c2ccccc2)cc1OC. The van der Waals surface area contributed by atoms with Crippen LogP contribution in [-0.4, -0.2) is 41.3 Å². The molecule has 0 spiro atoms. The first-order chi connectivity index (χ1) is 15.8. The van der Waals surface area contributed by atoms with Gasteiger partial charge < -0.3 is 9.47 Å². The molecule has 0 aliphatic heterocycles. The summed E-state index contributed by atoms with van der Waals surface area (Å²) in [6.07, 6.45) is 1.43. The Bertz CT molecular complexity index is 1230. The van der Waals surface area contributed by atoms with Crippen LogP contribution in [0.4, 0.5) is 5.69 Å². The predicted molar refractivity (Wildman–Crippen MR) is 128 cm³/mol. The van der Waals surface area contributed by atoms with Crippen LogP contribution in [0.5, 0.6) is 11.5 Å². The first-order valence-corrected chi connectivity index (χ1v) is 11.5. The number of methoxy groups -OCH3 is 2. The Morgan fingerprint density at radius 2 is 1.67 bits per heavy atom. The molecule has 3 rings (SSSR count). The number of ether oxygens (including phenoxy) is 2. The number of amides is 1. The number of benzene rings is 3. The molecule has 0 atom stereocenters. The fourth-order valence-electron chi connectivity index (χ4n) is 2.91. The summed E-state index contributed by atoms with van der Waals surface area (Å²) in [4.78, 5) is 12.5. The molecule has 0 unspecified atom stereocenters. The molecule has 0 saturated heterocycles. The van der Waals surface area contributed by atoms with Crippen molar-refractivity contribution in [2.24, 2.45) is 5.10 Å². The molecule has 1 N–H and O–H groups in total. The lowest BCUT2D eigenvalue weighted by molar-refractivity contribution is -0.119. The van der Waals surface area contributed by atoms with Crippen LogP contribution in [0.2, 0.25) is 5.02 Å². The zero-order valence-corrected chi connectivity index (χ0v) is 19.5. The molecule has 0 aliphatic carbocycles. The van der Waals surface area contributed by atoms with Crippen LogP contribution in [0.1, 0.15) is 5.56 Å². The standard InChI is InChI=1S/C23H22ClN3O5S/c1-31-21-13-12-20(14-22(21)32-2)33(29,30)27(19-6-4-3-5-7-19)16-23(28)26-25-15-17-8-10-18(24)11-9-17/h3-15H,16H2,1-2H3,(H,26,28)/b25-15-. The highest BCUT2D eigenvalue weighted by molar-refractivity contribution is 7.92. The summed E-state index contributed by atoms with van der Waals surface area (Å²) in [6, 6.07) is 19.4. The maximum absolute atomic E-state index is 13.5. The van der Waals surface area contributed by atoms with Gasteiger partial charge in [-0.05, 0) is 42.0 Å². The van der Waals surface area contributed by atoms with Gasteiger partial charge in [0.1, 0.15) is 6.54 Å². The van der Waals surface area contributed by atoms with Gasteiger partial charge in [-0.3, -0.25) is 9.10 Å². The largest absolute Gasteiger partial charge is 0.493 e. The van der Waals surface area contributed by atoms with Crippen LogP contribution in [-0.2, 0) is 14.8 Å². The third-order valence-electron chi connectivity index (χ3n) is 4.55. The zero-order valence-electron chi connectivity index (χ0n) is 17.9. The van der Waals surface area contributed by atoms with E-state index in [1.54, 1.807) is 54.6 Å². The average molecular weight is 488 g/mol. The van der Waals surface area contributed by atoms with Crippen molar-refractivity contribution in [3.8, 4) is 11.5 Å². The lowest BCUT2D eigenvalue weighted by Crippen LogP contribution is -2.39. The topological polar surface area (TPSA) is 97.3 Å². The van der Waals surface area contributed by atoms with Crippen molar-refractivity contribution in [3.05, 3.63) is 83.4 Å². The van der Waals surface area contributed by atoms with E-state index in [9.17, 15) is 13.2 Å². The van der Waals surface area contributed by atoms with Gasteiger partial charge in [-0.1, -0.05) is 41.9 Å². The van der Waals surface area contributed by atoms with Crippen LogP contribution in [0.3, 0.4) is 0 Å². The quantitative estimate of drug-likeness (QED) is 0.366. The number of para-hydroxylation sites is 1. The Labute approximate surface area is 197 Å². The van der Waals surface area contributed by atoms with E-state index in [4.69, 9.17) is 21.1 Å².